The van der Waals surface area contributed by atoms with Crippen LogP contribution in [0.25, 0.3) is 17.0 Å². The highest BCUT2D eigenvalue weighted by Gasteiger charge is 2.13. The normalized spacial score (nSPS) is 14.2. The van der Waals surface area contributed by atoms with Gasteiger partial charge in [0.05, 0.1) is 11.9 Å². The maximum absolute atomic E-state index is 4.63. The maximum Gasteiger partial charge on any atom is 0.186 e. The van der Waals surface area contributed by atoms with Crippen molar-refractivity contribution in [2.24, 2.45) is 0 Å². The highest BCUT2D eigenvalue weighted by Crippen LogP contribution is 2.23. The maximum atomic E-state index is 4.63. The summed E-state index contributed by atoms with van der Waals surface area (Å²) < 4.78 is 1.76. The van der Waals surface area contributed by atoms with E-state index in [2.05, 4.69) is 36.6 Å². The number of rotatable bonds is 4. The quantitative estimate of drug-likeness (QED) is 0.597. The topological polar surface area (TPSA) is 71.2 Å². The third-order valence-electron chi connectivity index (χ3n) is 4.49. The van der Waals surface area contributed by atoms with E-state index in [1.54, 1.807) is 15.9 Å². The van der Waals surface area contributed by atoms with Gasteiger partial charge in [0, 0.05) is 24.0 Å². The van der Waals surface area contributed by atoms with Gasteiger partial charge in [-0.3, -0.25) is 0 Å². The Balaban J connectivity index is 1.41. The van der Waals surface area contributed by atoms with Crippen LogP contribution in [0.5, 0.6) is 0 Å². The minimum absolute atomic E-state index is 0.722. The molecule has 5 rings (SSSR count). The standard InChI is InChI=1S/C18H17N7S/c1-2-9-24(8-1)16-5-3-14(11-19-16)20-15-4-6-17-21-22-18(25(17)23-15)13-7-10-26-12-13/h3-7,10-12H,1-2,8-9H2,(H,20,23). The lowest BCUT2D eigenvalue weighted by Crippen LogP contribution is -2.18. The lowest BCUT2D eigenvalue weighted by Gasteiger charge is -2.16. The first-order chi connectivity index (χ1) is 12.9. The summed E-state index contributed by atoms with van der Waals surface area (Å²) in [5, 5.41) is 20.4. The van der Waals surface area contributed by atoms with Crippen LogP contribution < -0.4 is 10.2 Å². The van der Waals surface area contributed by atoms with Crippen molar-refractivity contribution in [3.05, 3.63) is 47.3 Å². The van der Waals surface area contributed by atoms with Crippen molar-refractivity contribution in [3.8, 4) is 11.4 Å². The summed E-state index contributed by atoms with van der Waals surface area (Å²) in [6.45, 7) is 2.19. The van der Waals surface area contributed by atoms with Gasteiger partial charge in [-0.2, -0.15) is 15.9 Å². The van der Waals surface area contributed by atoms with Crippen LogP contribution in [0.15, 0.2) is 47.3 Å². The van der Waals surface area contributed by atoms with Crippen molar-refractivity contribution >= 4 is 34.3 Å². The molecule has 130 valence electrons. The summed E-state index contributed by atoms with van der Waals surface area (Å²) in [5.41, 5.74) is 2.65. The Morgan fingerprint density at radius 2 is 1.92 bits per heavy atom. The van der Waals surface area contributed by atoms with Gasteiger partial charge in [0.15, 0.2) is 17.3 Å². The molecule has 0 aromatic carbocycles. The molecule has 1 saturated heterocycles. The third-order valence-corrected chi connectivity index (χ3v) is 5.18. The van der Waals surface area contributed by atoms with Crippen molar-refractivity contribution < 1.29 is 0 Å². The van der Waals surface area contributed by atoms with Gasteiger partial charge in [0.25, 0.3) is 0 Å². The lowest BCUT2D eigenvalue weighted by atomic mass is 10.3. The minimum Gasteiger partial charge on any atom is -0.357 e. The van der Waals surface area contributed by atoms with E-state index in [1.807, 2.05) is 41.2 Å². The van der Waals surface area contributed by atoms with Crippen molar-refractivity contribution in [2.75, 3.05) is 23.3 Å². The van der Waals surface area contributed by atoms with E-state index in [9.17, 15) is 0 Å². The van der Waals surface area contributed by atoms with Crippen LogP contribution in [0.3, 0.4) is 0 Å². The largest absolute Gasteiger partial charge is 0.357 e. The first-order valence-corrected chi connectivity index (χ1v) is 9.54. The molecule has 0 spiro atoms. The summed E-state index contributed by atoms with van der Waals surface area (Å²) in [4.78, 5) is 6.89. The molecule has 4 aromatic rings. The van der Waals surface area contributed by atoms with E-state index in [-0.39, 0.29) is 0 Å². The average Bonchev–Trinajstić information content (AvgIpc) is 3.43. The van der Waals surface area contributed by atoms with Crippen molar-refractivity contribution in [1.29, 1.82) is 0 Å². The molecule has 0 amide bonds. The first kappa shape index (κ1) is 15.3. The Bertz CT molecular complexity index is 1020. The molecule has 0 bridgehead atoms. The smallest absolute Gasteiger partial charge is 0.186 e. The molecule has 8 heteroatoms. The zero-order valence-corrected chi connectivity index (χ0v) is 14.9. The summed E-state index contributed by atoms with van der Waals surface area (Å²) in [5.74, 6) is 2.51. The number of anilines is 3. The van der Waals surface area contributed by atoms with Crippen LogP contribution in [0.2, 0.25) is 0 Å². The van der Waals surface area contributed by atoms with Crippen LogP contribution in [0.4, 0.5) is 17.3 Å². The second kappa shape index (κ2) is 6.38. The molecule has 0 radical (unpaired) electrons. The van der Waals surface area contributed by atoms with E-state index >= 15 is 0 Å². The van der Waals surface area contributed by atoms with Crippen LogP contribution in [-0.2, 0) is 0 Å². The van der Waals surface area contributed by atoms with Crippen molar-refractivity contribution in [1.82, 2.24) is 24.8 Å². The minimum atomic E-state index is 0.722. The zero-order valence-electron chi connectivity index (χ0n) is 14.0. The molecule has 1 aliphatic rings. The number of hydrogen-bond acceptors (Lipinski definition) is 7. The summed E-state index contributed by atoms with van der Waals surface area (Å²) >= 11 is 1.63. The van der Waals surface area contributed by atoms with Gasteiger partial charge in [-0.15, -0.1) is 15.3 Å². The SMILES string of the molecule is c1cc(-c2nnc3ccc(Nc4ccc(N5CCCC5)nc4)nn23)cs1. The monoisotopic (exact) mass is 363 g/mol. The van der Waals surface area contributed by atoms with E-state index in [4.69, 9.17) is 0 Å². The van der Waals surface area contributed by atoms with Gasteiger partial charge in [0.1, 0.15) is 5.82 Å². The van der Waals surface area contributed by atoms with Crippen molar-refractivity contribution in [3.63, 3.8) is 0 Å². The molecule has 0 unspecified atom stereocenters. The predicted molar refractivity (Wildman–Crippen MR) is 103 cm³/mol. The fraction of sp³-hybridized carbons (Fsp3) is 0.222. The average molecular weight is 363 g/mol. The second-order valence-electron chi connectivity index (χ2n) is 6.25. The van der Waals surface area contributed by atoms with Gasteiger partial charge < -0.3 is 10.2 Å². The Hall–Kier alpha value is -3.00. The lowest BCUT2D eigenvalue weighted by molar-refractivity contribution is 0.934. The Morgan fingerprint density at radius 3 is 2.69 bits per heavy atom. The van der Waals surface area contributed by atoms with E-state index in [0.29, 0.717) is 0 Å². The van der Waals surface area contributed by atoms with Gasteiger partial charge in [-0.25, -0.2) is 4.98 Å². The zero-order chi connectivity index (χ0) is 17.3. The highest BCUT2D eigenvalue weighted by molar-refractivity contribution is 7.08. The molecule has 26 heavy (non-hydrogen) atoms. The number of thiophene rings is 1. The Kier molecular flexibility index (Phi) is 3.75. The third kappa shape index (κ3) is 2.78. The van der Waals surface area contributed by atoms with E-state index in [1.165, 1.54) is 12.8 Å². The van der Waals surface area contributed by atoms with Crippen LogP contribution in [-0.4, -0.2) is 37.9 Å². The van der Waals surface area contributed by atoms with Gasteiger partial charge >= 0.3 is 0 Å². The molecule has 1 N–H and O–H groups in total. The molecule has 0 aliphatic carbocycles. The summed E-state index contributed by atoms with van der Waals surface area (Å²) in [6, 6.07) is 9.92. The molecular weight excluding hydrogens is 346 g/mol. The number of pyridine rings is 1. The fourth-order valence-electron chi connectivity index (χ4n) is 3.17. The Labute approximate surface area is 154 Å². The number of hydrogen-bond donors (Lipinski definition) is 1. The van der Waals surface area contributed by atoms with Crippen molar-refractivity contribution in [2.45, 2.75) is 12.8 Å². The molecular formula is C18H17N7S. The highest BCUT2D eigenvalue weighted by atomic mass is 32.1. The van der Waals surface area contributed by atoms with Gasteiger partial charge in [-0.1, -0.05) is 0 Å². The first-order valence-electron chi connectivity index (χ1n) is 8.60. The molecule has 1 fully saturated rings. The van der Waals surface area contributed by atoms with Crippen LogP contribution in [0, 0.1) is 0 Å². The second-order valence-corrected chi connectivity index (χ2v) is 7.03. The molecule has 4 aromatic heterocycles. The van der Waals surface area contributed by atoms with Gasteiger partial charge in [-0.05, 0) is 48.6 Å². The van der Waals surface area contributed by atoms with E-state index < -0.39 is 0 Å². The van der Waals surface area contributed by atoms with Crippen LogP contribution >= 0.6 is 11.3 Å². The molecule has 0 atom stereocenters. The number of nitrogens with one attached hydrogen (secondary N) is 1. The molecule has 5 heterocycles. The molecule has 7 nitrogen and oxygen atoms in total. The fourth-order valence-corrected chi connectivity index (χ4v) is 3.80. The van der Waals surface area contributed by atoms with Crippen LogP contribution in [0.1, 0.15) is 12.8 Å². The number of fused-ring (bicyclic) bond motifs is 1. The Morgan fingerprint density at radius 1 is 1.00 bits per heavy atom. The summed E-state index contributed by atoms with van der Waals surface area (Å²) in [7, 11) is 0. The van der Waals surface area contributed by atoms with Gasteiger partial charge in [0.2, 0.25) is 0 Å². The predicted octanol–water partition coefficient (Wildman–Crippen LogP) is 3.59. The molecule has 0 saturated carbocycles. The number of nitrogens with zero attached hydrogens (tertiary/aromatic N) is 6. The summed E-state index contributed by atoms with van der Waals surface area (Å²) in [6.07, 6.45) is 4.35. The van der Waals surface area contributed by atoms with E-state index in [0.717, 1.165) is 47.4 Å². The number of aromatic nitrogens is 5. The molecule has 1 aliphatic heterocycles.